The Labute approximate surface area is 233 Å². The van der Waals surface area contributed by atoms with Gasteiger partial charge in [0.15, 0.2) is 0 Å². The Morgan fingerprint density at radius 2 is 2.08 bits per heavy atom. The fraction of sp³-hybridized carbons (Fsp3) is 0.577. The van der Waals surface area contributed by atoms with Crippen molar-refractivity contribution in [2.75, 3.05) is 25.5 Å². The van der Waals surface area contributed by atoms with Gasteiger partial charge in [0.05, 0.1) is 27.3 Å². The maximum absolute atomic E-state index is 14.4. The van der Waals surface area contributed by atoms with Crippen LogP contribution >= 0.6 is 23.1 Å². The zero-order valence-corrected chi connectivity index (χ0v) is 24.0. The molecular formula is C26H35F4N5O2S2. The normalized spacial score (nSPS) is 18.6. The summed E-state index contributed by atoms with van der Waals surface area (Å²) in [6.07, 6.45) is 2.19. The Hall–Kier alpha value is -2.22. The van der Waals surface area contributed by atoms with Crippen LogP contribution < -0.4 is 16.0 Å². The first kappa shape index (κ1) is 31.3. The van der Waals surface area contributed by atoms with E-state index in [0.29, 0.717) is 35.2 Å². The summed E-state index contributed by atoms with van der Waals surface area (Å²) in [6, 6.07) is 4.14. The molecule has 0 bridgehead atoms. The molecule has 1 fully saturated rings. The van der Waals surface area contributed by atoms with Crippen molar-refractivity contribution in [1.29, 1.82) is 0 Å². The van der Waals surface area contributed by atoms with Crippen molar-refractivity contribution in [2.24, 2.45) is 5.92 Å². The Morgan fingerprint density at radius 3 is 2.69 bits per heavy atom. The molecule has 3 N–H and O–H groups in total. The quantitative estimate of drug-likeness (QED) is 0.133. The summed E-state index contributed by atoms with van der Waals surface area (Å²) >= 11 is 0.868. The molecule has 3 atom stereocenters. The van der Waals surface area contributed by atoms with Crippen LogP contribution in [0.25, 0.3) is 20.8 Å². The molecule has 3 unspecified atom stereocenters. The number of nitrogens with zero attached hydrogens (tertiary/aromatic N) is 2. The number of fused-ring (bicyclic) bond motifs is 1. The number of aldehydes is 1. The molecule has 4 rings (SSSR count). The lowest BCUT2D eigenvalue weighted by Crippen LogP contribution is -2.45. The van der Waals surface area contributed by atoms with Gasteiger partial charge in [0.1, 0.15) is 12.5 Å². The number of alkyl halides is 4. The first-order valence-electron chi connectivity index (χ1n) is 12.9. The Kier molecular flexibility index (Phi) is 11.6. The molecule has 1 aliphatic heterocycles. The highest BCUT2D eigenvalue weighted by Gasteiger charge is 2.35. The van der Waals surface area contributed by atoms with Gasteiger partial charge in [-0.2, -0.15) is 18.2 Å². The lowest BCUT2D eigenvalue weighted by molar-refractivity contribution is -0.108. The molecule has 0 amide bonds. The monoisotopic (exact) mass is 589 g/mol. The number of hydrogen-bond acceptors (Lipinski definition) is 9. The largest absolute Gasteiger partial charge is 0.446 e. The second kappa shape index (κ2) is 14.4. The molecule has 1 aromatic carbocycles. The van der Waals surface area contributed by atoms with E-state index in [1.165, 1.54) is 6.42 Å². The van der Waals surface area contributed by atoms with Crippen LogP contribution in [-0.4, -0.2) is 54.3 Å². The summed E-state index contributed by atoms with van der Waals surface area (Å²) in [5, 5.41) is 13.5. The zero-order valence-electron chi connectivity index (χ0n) is 22.4. The third-order valence-electron chi connectivity index (χ3n) is 6.32. The van der Waals surface area contributed by atoms with Gasteiger partial charge in [-0.3, -0.25) is 0 Å². The summed E-state index contributed by atoms with van der Waals surface area (Å²) in [4.78, 5) is 15.2. The number of benzene rings is 1. The van der Waals surface area contributed by atoms with Crippen molar-refractivity contribution in [3.8, 4) is 10.7 Å². The smallest absolute Gasteiger partial charge is 0.378 e. The van der Waals surface area contributed by atoms with Gasteiger partial charge in [-0.15, -0.1) is 11.3 Å². The third kappa shape index (κ3) is 8.63. The molecule has 7 nitrogen and oxygen atoms in total. The fourth-order valence-electron chi connectivity index (χ4n) is 3.85. The Balaban J connectivity index is 0.000000771. The number of anilines is 1. The van der Waals surface area contributed by atoms with Gasteiger partial charge in [0.2, 0.25) is 11.7 Å². The van der Waals surface area contributed by atoms with Gasteiger partial charge in [0, 0.05) is 23.2 Å². The molecule has 1 aliphatic rings. The lowest BCUT2D eigenvalue weighted by atomic mass is 10.0. The molecule has 3 heterocycles. The van der Waals surface area contributed by atoms with E-state index < -0.39 is 23.8 Å². The number of carbonyl (C=O) groups is 1. The molecule has 216 valence electrons. The van der Waals surface area contributed by atoms with Crippen molar-refractivity contribution in [3.63, 3.8) is 0 Å². The standard InChI is InChI=1S/C21H23F4N5O2S2.C5H12/c1-26-15(6-3-9-31)20-29-19(30-32-20)18-17(34-21(23,24)25)11-4-2-5-14(16(11)33-18)28-13-7-8-27-10-12(13)22;1-4-5(2)3/h2,4-5,9,12-13,15,26-28H,3,6-8,10H2,1H3;5H,4H2,1-3H3. The number of nitrogens with one attached hydrogen (secondary N) is 3. The molecule has 13 heteroatoms. The average molecular weight is 590 g/mol. The summed E-state index contributed by atoms with van der Waals surface area (Å²) < 4.78 is 60.7. The number of halogens is 4. The van der Waals surface area contributed by atoms with Gasteiger partial charge >= 0.3 is 5.51 Å². The van der Waals surface area contributed by atoms with Crippen LogP contribution in [0.1, 0.15) is 58.4 Å². The molecular weight excluding hydrogens is 554 g/mol. The highest BCUT2D eigenvalue weighted by atomic mass is 32.2. The first-order chi connectivity index (χ1) is 18.6. The number of hydrogen-bond donors (Lipinski definition) is 3. The fourth-order valence-corrected chi connectivity index (χ4v) is 5.96. The predicted molar refractivity (Wildman–Crippen MR) is 149 cm³/mol. The summed E-state index contributed by atoms with van der Waals surface area (Å²) in [7, 11) is 1.67. The van der Waals surface area contributed by atoms with Crippen molar-refractivity contribution >= 4 is 45.2 Å². The van der Waals surface area contributed by atoms with Crippen LogP contribution in [0.5, 0.6) is 0 Å². The summed E-state index contributed by atoms with van der Waals surface area (Å²) in [5.74, 6) is 1.11. The van der Waals surface area contributed by atoms with E-state index in [0.717, 1.165) is 23.5 Å². The minimum absolute atomic E-state index is 0.0282. The van der Waals surface area contributed by atoms with Crippen LogP contribution in [0.3, 0.4) is 0 Å². The second-order valence-electron chi connectivity index (χ2n) is 9.59. The summed E-state index contributed by atoms with van der Waals surface area (Å²) in [5.41, 5.74) is -3.97. The minimum atomic E-state index is -4.53. The second-order valence-corrected chi connectivity index (χ2v) is 11.7. The minimum Gasteiger partial charge on any atom is -0.378 e. The molecule has 1 saturated heterocycles. The number of piperidine rings is 1. The molecule has 2 aromatic heterocycles. The van der Waals surface area contributed by atoms with E-state index >= 15 is 0 Å². The third-order valence-corrected chi connectivity index (χ3v) is 8.54. The average Bonchev–Trinajstić information content (AvgIpc) is 3.51. The number of rotatable bonds is 10. The van der Waals surface area contributed by atoms with Crippen molar-refractivity contribution in [3.05, 3.63) is 24.1 Å². The maximum Gasteiger partial charge on any atom is 0.446 e. The molecule has 0 spiro atoms. The highest BCUT2D eigenvalue weighted by Crippen LogP contribution is 2.50. The van der Waals surface area contributed by atoms with Crippen LogP contribution in [-0.2, 0) is 4.79 Å². The number of aromatic nitrogens is 2. The van der Waals surface area contributed by atoms with Crippen molar-refractivity contribution < 1.29 is 26.9 Å². The van der Waals surface area contributed by atoms with E-state index in [9.17, 15) is 22.4 Å². The van der Waals surface area contributed by atoms with Crippen LogP contribution in [0.4, 0.5) is 23.2 Å². The van der Waals surface area contributed by atoms with E-state index in [2.05, 4.69) is 46.9 Å². The molecule has 39 heavy (non-hydrogen) atoms. The van der Waals surface area contributed by atoms with Crippen LogP contribution in [0.2, 0.25) is 0 Å². The molecule has 0 aliphatic carbocycles. The van der Waals surface area contributed by atoms with Crippen LogP contribution in [0.15, 0.2) is 27.6 Å². The molecule has 0 saturated carbocycles. The SMILES string of the molecule is CCC(C)C.CNC(CCC=O)c1nc(-c2sc3c(NC4CCNCC4F)cccc3c2SC(F)(F)F)no1. The van der Waals surface area contributed by atoms with Gasteiger partial charge in [-0.1, -0.05) is 44.5 Å². The maximum atomic E-state index is 14.4. The van der Waals surface area contributed by atoms with E-state index in [-0.39, 0.29) is 46.2 Å². The van der Waals surface area contributed by atoms with Crippen LogP contribution in [0, 0.1) is 5.92 Å². The zero-order chi connectivity index (χ0) is 28.6. The Morgan fingerprint density at radius 1 is 1.33 bits per heavy atom. The van der Waals surface area contributed by atoms with Crippen molar-refractivity contribution in [1.82, 2.24) is 20.8 Å². The van der Waals surface area contributed by atoms with Gasteiger partial charge in [0.25, 0.3) is 0 Å². The lowest BCUT2D eigenvalue weighted by Gasteiger charge is -2.28. The van der Waals surface area contributed by atoms with Gasteiger partial charge < -0.3 is 25.3 Å². The topological polar surface area (TPSA) is 92.1 Å². The van der Waals surface area contributed by atoms with Gasteiger partial charge in [-0.25, -0.2) is 4.39 Å². The molecule has 3 aromatic rings. The van der Waals surface area contributed by atoms with Gasteiger partial charge in [-0.05, 0) is 50.2 Å². The highest BCUT2D eigenvalue weighted by molar-refractivity contribution is 8.00. The van der Waals surface area contributed by atoms with E-state index in [1.807, 2.05) is 0 Å². The summed E-state index contributed by atoms with van der Waals surface area (Å²) in [6.45, 7) is 7.52. The first-order valence-corrected chi connectivity index (χ1v) is 14.6. The van der Waals surface area contributed by atoms with Crippen molar-refractivity contribution in [2.45, 2.75) is 75.1 Å². The van der Waals surface area contributed by atoms with E-state index in [4.69, 9.17) is 4.52 Å². The van der Waals surface area contributed by atoms with E-state index in [1.54, 1.807) is 25.2 Å². The number of thiophene rings is 1. The predicted octanol–water partition coefficient (Wildman–Crippen LogP) is 6.97. The Bertz CT molecular complexity index is 1200. The number of carbonyl (C=O) groups excluding carboxylic acids is 1. The molecule has 0 radical (unpaired) electrons. The number of thioether (sulfide) groups is 1.